The van der Waals surface area contributed by atoms with Crippen molar-refractivity contribution in [1.29, 1.82) is 0 Å². The highest BCUT2D eigenvalue weighted by molar-refractivity contribution is 5.91. The Morgan fingerprint density at radius 1 is 1.05 bits per heavy atom. The van der Waals surface area contributed by atoms with Crippen molar-refractivity contribution in [3.8, 4) is 5.75 Å². The minimum Gasteiger partial charge on any atom is -0.494 e. The number of carbonyl (C=O) groups is 1. The summed E-state index contributed by atoms with van der Waals surface area (Å²) < 4.78 is 5.41. The molecule has 0 bridgehead atoms. The van der Waals surface area contributed by atoms with Gasteiger partial charge in [-0.25, -0.2) is 0 Å². The van der Waals surface area contributed by atoms with Gasteiger partial charge in [-0.3, -0.25) is 4.79 Å². The van der Waals surface area contributed by atoms with Crippen LogP contribution in [-0.2, 0) is 11.2 Å². The van der Waals surface area contributed by atoms with Crippen molar-refractivity contribution >= 4 is 11.6 Å². The van der Waals surface area contributed by atoms with E-state index in [-0.39, 0.29) is 5.91 Å². The first kappa shape index (κ1) is 16.1. The standard InChI is InChI=1S/C19H23NO2/c1-4-22-18-8-5-16(6-9-18)7-10-19(21)20-17-12-14(2)11-15(3)13-17/h5-6,8-9,11-13H,4,7,10H2,1-3H3,(H,20,21). The summed E-state index contributed by atoms with van der Waals surface area (Å²) in [5.74, 6) is 0.907. The monoisotopic (exact) mass is 297 g/mol. The van der Waals surface area contributed by atoms with Gasteiger partial charge in [-0.15, -0.1) is 0 Å². The van der Waals surface area contributed by atoms with Crippen molar-refractivity contribution in [2.45, 2.75) is 33.6 Å². The molecule has 0 radical (unpaired) electrons. The first-order valence-electron chi connectivity index (χ1n) is 7.66. The number of ether oxygens (including phenoxy) is 1. The molecule has 22 heavy (non-hydrogen) atoms. The molecule has 0 saturated carbocycles. The Labute approximate surface area is 132 Å². The van der Waals surface area contributed by atoms with Gasteiger partial charge in [0.15, 0.2) is 0 Å². The molecule has 0 fully saturated rings. The fourth-order valence-corrected chi connectivity index (χ4v) is 2.45. The lowest BCUT2D eigenvalue weighted by Crippen LogP contribution is -2.12. The van der Waals surface area contributed by atoms with E-state index in [9.17, 15) is 4.79 Å². The number of amides is 1. The molecule has 2 rings (SSSR count). The summed E-state index contributed by atoms with van der Waals surface area (Å²) in [5.41, 5.74) is 4.32. The average Bonchev–Trinajstić information content (AvgIpc) is 2.46. The van der Waals surface area contributed by atoms with Crippen LogP contribution in [0.2, 0.25) is 0 Å². The van der Waals surface area contributed by atoms with Crippen LogP contribution in [0.1, 0.15) is 30.0 Å². The lowest BCUT2D eigenvalue weighted by Gasteiger charge is -2.08. The zero-order chi connectivity index (χ0) is 15.9. The van der Waals surface area contributed by atoms with Crippen LogP contribution in [0.25, 0.3) is 0 Å². The third-order valence-electron chi connectivity index (χ3n) is 3.38. The van der Waals surface area contributed by atoms with Gasteiger partial charge in [0.05, 0.1) is 6.61 Å². The SMILES string of the molecule is CCOc1ccc(CCC(=O)Nc2cc(C)cc(C)c2)cc1. The smallest absolute Gasteiger partial charge is 0.224 e. The van der Waals surface area contributed by atoms with Gasteiger partial charge in [0.2, 0.25) is 5.91 Å². The molecule has 1 amide bonds. The van der Waals surface area contributed by atoms with Gasteiger partial charge < -0.3 is 10.1 Å². The van der Waals surface area contributed by atoms with Crippen LogP contribution in [0, 0.1) is 13.8 Å². The largest absolute Gasteiger partial charge is 0.494 e. The van der Waals surface area contributed by atoms with Gasteiger partial charge in [0, 0.05) is 12.1 Å². The summed E-state index contributed by atoms with van der Waals surface area (Å²) in [4.78, 5) is 12.0. The second-order valence-corrected chi connectivity index (χ2v) is 5.50. The van der Waals surface area contributed by atoms with E-state index in [1.54, 1.807) is 0 Å². The second kappa shape index (κ2) is 7.64. The van der Waals surface area contributed by atoms with Crippen molar-refractivity contribution in [1.82, 2.24) is 0 Å². The van der Waals surface area contributed by atoms with E-state index in [4.69, 9.17) is 4.74 Å². The molecule has 1 N–H and O–H groups in total. The highest BCUT2D eigenvalue weighted by Crippen LogP contribution is 2.16. The molecule has 0 aromatic heterocycles. The first-order chi connectivity index (χ1) is 10.6. The Morgan fingerprint density at radius 3 is 2.27 bits per heavy atom. The molecule has 3 nitrogen and oxygen atoms in total. The fourth-order valence-electron chi connectivity index (χ4n) is 2.45. The molecule has 0 unspecified atom stereocenters. The maximum absolute atomic E-state index is 12.0. The fraction of sp³-hybridized carbons (Fsp3) is 0.316. The van der Waals surface area contributed by atoms with Crippen LogP contribution >= 0.6 is 0 Å². The molecule has 0 aliphatic carbocycles. The van der Waals surface area contributed by atoms with Crippen LogP contribution in [-0.4, -0.2) is 12.5 Å². The molecule has 3 heteroatoms. The average molecular weight is 297 g/mol. The first-order valence-corrected chi connectivity index (χ1v) is 7.66. The summed E-state index contributed by atoms with van der Waals surface area (Å²) in [7, 11) is 0. The van der Waals surface area contributed by atoms with Crippen LogP contribution in [0.15, 0.2) is 42.5 Å². The number of carbonyl (C=O) groups excluding carboxylic acids is 1. The molecule has 0 heterocycles. The van der Waals surface area contributed by atoms with Crippen LogP contribution < -0.4 is 10.1 Å². The van der Waals surface area contributed by atoms with E-state index in [0.29, 0.717) is 13.0 Å². The van der Waals surface area contributed by atoms with Crippen LogP contribution in [0.3, 0.4) is 0 Å². The lowest BCUT2D eigenvalue weighted by atomic mass is 10.1. The summed E-state index contributed by atoms with van der Waals surface area (Å²) in [5, 5.41) is 2.96. The molecule has 0 spiro atoms. The highest BCUT2D eigenvalue weighted by Gasteiger charge is 2.04. The maximum Gasteiger partial charge on any atom is 0.224 e. The van der Waals surface area contributed by atoms with Crippen molar-refractivity contribution in [3.05, 3.63) is 59.2 Å². The summed E-state index contributed by atoms with van der Waals surface area (Å²) >= 11 is 0. The Balaban J connectivity index is 1.87. The molecule has 2 aromatic rings. The van der Waals surface area contributed by atoms with E-state index >= 15 is 0 Å². The van der Waals surface area contributed by atoms with E-state index in [1.807, 2.05) is 57.2 Å². The summed E-state index contributed by atoms with van der Waals surface area (Å²) in [6, 6.07) is 14.0. The Bertz CT molecular complexity index is 612. The molecular weight excluding hydrogens is 274 g/mol. The molecule has 116 valence electrons. The predicted octanol–water partition coefficient (Wildman–Crippen LogP) is 4.27. The zero-order valence-electron chi connectivity index (χ0n) is 13.5. The third kappa shape index (κ3) is 4.92. The zero-order valence-corrected chi connectivity index (χ0v) is 13.5. The highest BCUT2D eigenvalue weighted by atomic mass is 16.5. The van der Waals surface area contributed by atoms with Gasteiger partial charge in [0.25, 0.3) is 0 Å². The van der Waals surface area contributed by atoms with Crippen molar-refractivity contribution in [2.75, 3.05) is 11.9 Å². The Kier molecular flexibility index (Phi) is 5.59. The molecule has 0 saturated heterocycles. The normalized spacial score (nSPS) is 10.3. The van der Waals surface area contributed by atoms with Gasteiger partial charge >= 0.3 is 0 Å². The minimum absolute atomic E-state index is 0.0406. The number of rotatable bonds is 6. The van der Waals surface area contributed by atoms with Crippen molar-refractivity contribution in [3.63, 3.8) is 0 Å². The molecule has 2 aromatic carbocycles. The van der Waals surface area contributed by atoms with Crippen molar-refractivity contribution in [2.24, 2.45) is 0 Å². The van der Waals surface area contributed by atoms with Crippen molar-refractivity contribution < 1.29 is 9.53 Å². The summed E-state index contributed by atoms with van der Waals surface area (Å²) in [6.45, 7) is 6.69. The number of benzene rings is 2. The van der Waals surface area contributed by atoms with E-state index < -0.39 is 0 Å². The Hall–Kier alpha value is -2.29. The van der Waals surface area contributed by atoms with E-state index in [0.717, 1.165) is 34.5 Å². The summed E-state index contributed by atoms with van der Waals surface area (Å²) in [6.07, 6.45) is 1.20. The molecule has 0 aliphatic rings. The number of nitrogens with one attached hydrogen (secondary N) is 1. The number of anilines is 1. The predicted molar refractivity (Wildman–Crippen MR) is 90.5 cm³/mol. The number of aryl methyl sites for hydroxylation is 3. The van der Waals surface area contributed by atoms with Gasteiger partial charge in [-0.1, -0.05) is 18.2 Å². The quantitative estimate of drug-likeness (QED) is 0.864. The van der Waals surface area contributed by atoms with E-state index in [2.05, 4.69) is 11.4 Å². The Morgan fingerprint density at radius 2 is 1.68 bits per heavy atom. The van der Waals surface area contributed by atoms with Gasteiger partial charge in [-0.2, -0.15) is 0 Å². The molecule has 0 aliphatic heterocycles. The van der Waals surface area contributed by atoms with Crippen LogP contribution in [0.5, 0.6) is 5.75 Å². The minimum atomic E-state index is 0.0406. The second-order valence-electron chi connectivity index (χ2n) is 5.50. The lowest BCUT2D eigenvalue weighted by molar-refractivity contribution is -0.116. The number of hydrogen-bond donors (Lipinski definition) is 1. The maximum atomic E-state index is 12.0. The molecular formula is C19H23NO2. The number of hydrogen-bond acceptors (Lipinski definition) is 2. The van der Waals surface area contributed by atoms with Gasteiger partial charge in [-0.05, 0) is 68.1 Å². The van der Waals surface area contributed by atoms with Crippen LogP contribution in [0.4, 0.5) is 5.69 Å². The third-order valence-corrected chi connectivity index (χ3v) is 3.38. The van der Waals surface area contributed by atoms with Gasteiger partial charge in [0.1, 0.15) is 5.75 Å². The topological polar surface area (TPSA) is 38.3 Å². The van der Waals surface area contributed by atoms with E-state index in [1.165, 1.54) is 0 Å². The molecule has 0 atom stereocenters.